The van der Waals surface area contributed by atoms with E-state index in [1.54, 1.807) is 12.1 Å². The van der Waals surface area contributed by atoms with Crippen LogP contribution in [0.5, 0.6) is 0 Å². The van der Waals surface area contributed by atoms with E-state index in [1.165, 1.54) is 17.0 Å². The molecule has 0 radical (unpaired) electrons. The van der Waals surface area contributed by atoms with Gasteiger partial charge < -0.3 is 10.2 Å². The van der Waals surface area contributed by atoms with Crippen LogP contribution in [0, 0.1) is 16.7 Å². The highest BCUT2D eigenvalue weighted by molar-refractivity contribution is 9.11. The van der Waals surface area contributed by atoms with Crippen molar-refractivity contribution in [3.8, 4) is 6.07 Å². The van der Waals surface area contributed by atoms with Gasteiger partial charge in [-0.15, -0.1) is 0 Å². The van der Waals surface area contributed by atoms with Crippen LogP contribution in [-0.4, -0.2) is 48.5 Å². The minimum Gasteiger partial charge on any atom is -0.336 e. The van der Waals surface area contributed by atoms with Crippen molar-refractivity contribution in [2.24, 2.45) is 5.41 Å². The molecule has 184 valence electrons. The maximum Gasteiger partial charge on any atom is 0.244 e. The van der Waals surface area contributed by atoms with E-state index in [9.17, 15) is 23.3 Å². The number of nitrogens with zero attached hydrogens (tertiary/aromatic N) is 2. The lowest BCUT2D eigenvalue weighted by Gasteiger charge is -2.30. The highest BCUT2D eigenvalue weighted by Gasteiger charge is 2.58. The van der Waals surface area contributed by atoms with Gasteiger partial charge in [0.15, 0.2) is 9.84 Å². The smallest absolute Gasteiger partial charge is 0.244 e. The van der Waals surface area contributed by atoms with Gasteiger partial charge in [-0.2, -0.15) is 5.26 Å². The van der Waals surface area contributed by atoms with Crippen LogP contribution in [0.3, 0.4) is 0 Å². The Balaban J connectivity index is 1.47. The summed E-state index contributed by atoms with van der Waals surface area (Å²) in [6, 6.07) is 7.39. The highest BCUT2D eigenvalue weighted by atomic mass is 79.9. The van der Waals surface area contributed by atoms with Crippen molar-refractivity contribution in [1.82, 2.24) is 10.2 Å². The summed E-state index contributed by atoms with van der Waals surface area (Å²) in [5.41, 5.74) is -0.567. The molecule has 10 heteroatoms. The molecule has 0 unspecified atom stereocenters. The molecule has 2 saturated carbocycles. The third-order valence-corrected chi connectivity index (χ3v) is 10.9. The van der Waals surface area contributed by atoms with Crippen LogP contribution in [-0.2, 0) is 19.4 Å². The molecular weight excluding hydrogens is 554 g/mol. The van der Waals surface area contributed by atoms with Gasteiger partial charge in [0, 0.05) is 6.54 Å². The van der Waals surface area contributed by atoms with Crippen LogP contribution in [0.2, 0.25) is 5.02 Å². The van der Waals surface area contributed by atoms with Crippen molar-refractivity contribution < 1.29 is 18.0 Å². The SMILES string of the molecule is N#CC1(NC(=O)[C@@H]2C[C@@H](S(=O)(=O)c3ccccc3Cl)CN2C(=O)C2(C3=CC=C(Br)CC3)CC2)CC1. The number of carbonyl (C=O) groups excluding carboxylic acids is 2. The summed E-state index contributed by atoms with van der Waals surface area (Å²) in [5, 5.41) is 11.4. The zero-order chi connectivity index (χ0) is 25.0. The largest absolute Gasteiger partial charge is 0.336 e. The first kappa shape index (κ1) is 24.5. The molecule has 2 atom stereocenters. The first-order valence-corrected chi connectivity index (χ1v) is 14.4. The molecule has 4 aliphatic rings. The summed E-state index contributed by atoms with van der Waals surface area (Å²) in [6.07, 6.45) is 7.89. The fourth-order valence-corrected chi connectivity index (χ4v) is 7.69. The van der Waals surface area contributed by atoms with Gasteiger partial charge in [-0.05, 0) is 61.6 Å². The minimum absolute atomic E-state index is 0.00178. The van der Waals surface area contributed by atoms with Gasteiger partial charge in [0.2, 0.25) is 11.8 Å². The third-order valence-electron chi connectivity index (χ3n) is 7.61. The Hall–Kier alpha value is -2.15. The summed E-state index contributed by atoms with van der Waals surface area (Å²) in [4.78, 5) is 28.7. The van der Waals surface area contributed by atoms with Gasteiger partial charge in [-0.1, -0.05) is 57.4 Å². The van der Waals surface area contributed by atoms with Crippen molar-refractivity contribution in [2.75, 3.05) is 6.54 Å². The first-order valence-electron chi connectivity index (χ1n) is 11.7. The number of nitrogens with one attached hydrogen (secondary N) is 1. The molecule has 1 saturated heterocycles. The number of rotatable bonds is 6. The van der Waals surface area contributed by atoms with Gasteiger partial charge >= 0.3 is 0 Å². The summed E-state index contributed by atoms with van der Waals surface area (Å²) >= 11 is 9.70. The fraction of sp³-hybridized carbons (Fsp3) is 0.480. The quantitative estimate of drug-likeness (QED) is 0.548. The van der Waals surface area contributed by atoms with Crippen LogP contribution in [0.25, 0.3) is 0 Å². The van der Waals surface area contributed by atoms with Gasteiger partial charge in [-0.25, -0.2) is 8.42 Å². The van der Waals surface area contributed by atoms with Gasteiger partial charge in [-0.3, -0.25) is 9.59 Å². The number of hydrogen-bond acceptors (Lipinski definition) is 5. The van der Waals surface area contributed by atoms with Crippen LogP contribution >= 0.6 is 27.5 Å². The van der Waals surface area contributed by atoms with Gasteiger partial charge in [0.1, 0.15) is 11.6 Å². The second kappa shape index (κ2) is 8.75. The molecule has 1 aromatic rings. The number of carbonyl (C=O) groups is 2. The van der Waals surface area contributed by atoms with E-state index in [4.69, 9.17) is 11.6 Å². The Kier molecular flexibility index (Phi) is 6.14. The highest BCUT2D eigenvalue weighted by Crippen LogP contribution is 2.56. The Morgan fingerprint density at radius 1 is 1.14 bits per heavy atom. The van der Waals surface area contributed by atoms with Gasteiger partial charge in [0.05, 0.1) is 26.7 Å². The van der Waals surface area contributed by atoms with E-state index in [0.717, 1.165) is 22.9 Å². The number of benzene rings is 1. The molecule has 1 aliphatic heterocycles. The standard InChI is InChI=1S/C25H25BrClN3O4S/c26-17-7-5-16(6-8-17)25(11-12-25)23(32)30-14-18(35(33,34)21-4-2-1-3-19(21)27)13-20(30)22(31)29-24(15-28)9-10-24/h1-5,7,18,20H,6,8-14H2,(H,29,31)/t18-,20+/m1/s1. The maximum atomic E-state index is 13.9. The number of allylic oxidation sites excluding steroid dienone is 3. The normalized spacial score (nSPS) is 26.3. The Labute approximate surface area is 218 Å². The Morgan fingerprint density at radius 2 is 1.86 bits per heavy atom. The second-order valence-electron chi connectivity index (χ2n) is 9.88. The average Bonchev–Trinajstić information content (AvgIpc) is 3.76. The Morgan fingerprint density at radius 3 is 2.43 bits per heavy atom. The van der Waals surface area contributed by atoms with Crippen molar-refractivity contribution in [3.05, 3.63) is 51.5 Å². The molecule has 1 heterocycles. The summed E-state index contributed by atoms with van der Waals surface area (Å²) < 4.78 is 28.1. The fourth-order valence-electron chi connectivity index (χ4n) is 5.14. The molecule has 3 fully saturated rings. The number of nitriles is 1. The second-order valence-corrected chi connectivity index (χ2v) is 13.5. The van der Waals surface area contributed by atoms with Crippen molar-refractivity contribution in [2.45, 2.75) is 66.7 Å². The summed E-state index contributed by atoms with van der Waals surface area (Å²) in [7, 11) is -3.89. The predicted molar refractivity (Wildman–Crippen MR) is 134 cm³/mol. The molecule has 1 aromatic carbocycles. The summed E-state index contributed by atoms with van der Waals surface area (Å²) in [6.45, 7) is -0.0847. The van der Waals surface area contributed by atoms with E-state index in [1.807, 2.05) is 12.2 Å². The zero-order valence-corrected chi connectivity index (χ0v) is 22.1. The van der Waals surface area contributed by atoms with Crippen molar-refractivity contribution in [3.63, 3.8) is 0 Å². The molecule has 0 spiro atoms. The average molecular weight is 579 g/mol. The van der Waals surface area contributed by atoms with E-state index < -0.39 is 38.0 Å². The first-order chi connectivity index (χ1) is 16.6. The van der Waals surface area contributed by atoms with E-state index in [-0.39, 0.29) is 28.8 Å². The lowest BCUT2D eigenvalue weighted by atomic mass is 9.87. The number of hydrogen-bond donors (Lipinski definition) is 1. The monoisotopic (exact) mass is 577 g/mol. The van der Waals surface area contributed by atoms with Crippen LogP contribution in [0.15, 0.2) is 51.4 Å². The molecule has 3 aliphatic carbocycles. The lowest BCUT2D eigenvalue weighted by molar-refractivity contribution is -0.142. The zero-order valence-electron chi connectivity index (χ0n) is 19.0. The number of halogens is 2. The maximum absolute atomic E-state index is 13.9. The number of sulfone groups is 1. The number of likely N-dealkylation sites (tertiary alicyclic amines) is 1. The van der Waals surface area contributed by atoms with E-state index >= 15 is 0 Å². The topological polar surface area (TPSA) is 107 Å². The van der Waals surface area contributed by atoms with Crippen LogP contribution < -0.4 is 5.32 Å². The molecule has 2 amide bonds. The number of amides is 2. The molecule has 7 nitrogen and oxygen atoms in total. The molecule has 35 heavy (non-hydrogen) atoms. The van der Waals surface area contributed by atoms with Crippen LogP contribution in [0.1, 0.15) is 44.9 Å². The van der Waals surface area contributed by atoms with E-state index in [2.05, 4.69) is 27.3 Å². The third kappa shape index (κ3) is 4.34. The van der Waals surface area contributed by atoms with Crippen molar-refractivity contribution in [1.29, 1.82) is 5.26 Å². The molecular formula is C25H25BrClN3O4S. The molecule has 0 aromatic heterocycles. The van der Waals surface area contributed by atoms with Crippen LogP contribution in [0.4, 0.5) is 0 Å². The summed E-state index contributed by atoms with van der Waals surface area (Å²) in [5.74, 6) is -0.667. The predicted octanol–water partition coefficient (Wildman–Crippen LogP) is 4.03. The Bertz CT molecular complexity index is 1310. The molecule has 5 rings (SSSR count). The van der Waals surface area contributed by atoms with Crippen molar-refractivity contribution >= 4 is 49.2 Å². The van der Waals surface area contributed by atoms with E-state index in [0.29, 0.717) is 25.7 Å². The minimum atomic E-state index is -3.89. The van der Waals surface area contributed by atoms with Gasteiger partial charge in [0.25, 0.3) is 0 Å². The molecule has 1 N–H and O–H groups in total. The lowest BCUT2D eigenvalue weighted by Crippen LogP contribution is -2.51. The molecule has 0 bridgehead atoms.